The first kappa shape index (κ1) is 18.4. The van der Waals surface area contributed by atoms with E-state index in [9.17, 15) is 9.59 Å². The second kappa shape index (κ2) is 7.05. The monoisotopic (exact) mass is 309 g/mol. The third-order valence-electron chi connectivity index (χ3n) is 3.48. The third kappa shape index (κ3) is 4.40. The summed E-state index contributed by atoms with van der Waals surface area (Å²) in [5.74, 6) is -0.285. The lowest BCUT2D eigenvalue weighted by molar-refractivity contribution is 0.0678. The second-order valence-corrected chi connectivity index (χ2v) is 6.88. The zero-order valence-corrected chi connectivity index (χ0v) is 14.4. The number of aliphatic hydroxyl groups is 1. The Morgan fingerprint density at radius 1 is 1.32 bits per heavy atom. The van der Waals surface area contributed by atoms with E-state index in [4.69, 9.17) is 5.11 Å². The van der Waals surface area contributed by atoms with E-state index in [0.29, 0.717) is 30.8 Å². The van der Waals surface area contributed by atoms with E-state index >= 15 is 0 Å². The predicted octanol–water partition coefficient (Wildman–Crippen LogP) is 1.27. The van der Waals surface area contributed by atoms with E-state index in [-0.39, 0.29) is 29.1 Å². The minimum atomic E-state index is -0.379. The highest BCUT2D eigenvalue weighted by molar-refractivity contribution is 5.95. The fraction of sp³-hybridized carbons (Fsp3) is 0.688. The normalized spacial score (nSPS) is 11.6. The van der Waals surface area contributed by atoms with Crippen LogP contribution in [-0.4, -0.2) is 45.4 Å². The summed E-state index contributed by atoms with van der Waals surface area (Å²) in [7, 11) is 1.55. The van der Waals surface area contributed by atoms with Gasteiger partial charge >= 0.3 is 0 Å². The standard InChI is InChI=1S/C16H27N3O3/c1-11-12(2)17-18(6)14(21)13(11)15(22)19(8-7-9-20)10-16(3,4)5/h20H,7-10H2,1-6H3. The van der Waals surface area contributed by atoms with Gasteiger partial charge in [-0.25, -0.2) is 4.68 Å². The van der Waals surface area contributed by atoms with E-state index in [1.165, 1.54) is 4.68 Å². The van der Waals surface area contributed by atoms with E-state index in [0.717, 1.165) is 0 Å². The highest BCUT2D eigenvalue weighted by atomic mass is 16.3. The first-order valence-electron chi connectivity index (χ1n) is 7.53. The van der Waals surface area contributed by atoms with Crippen LogP contribution in [0.1, 0.15) is 48.8 Å². The molecule has 0 radical (unpaired) electrons. The SMILES string of the molecule is Cc1nn(C)c(=O)c(C(=O)N(CCCO)CC(C)(C)C)c1C. The molecule has 0 aromatic carbocycles. The van der Waals surface area contributed by atoms with Gasteiger partial charge in [0.25, 0.3) is 11.5 Å². The van der Waals surface area contributed by atoms with E-state index < -0.39 is 0 Å². The van der Waals surface area contributed by atoms with Crippen molar-refractivity contribution in [1.82, 2.24) is 14.7 Å². The van der Waals surface area contributed by atoms with Gasteiger partial charge in [0.2, 0.25) is 0 Å². The van der Waals surface area contributed by atoms with Crippen molar-refractivity contribution in [1.29, 1.82) is 0 Å². The van der Waals surface area contributed by atoms with Gasteiger partial charge in [-0.1, -0.05) is 20.8 Å². The summed E-state index contributed by atoms with van der Waals surface area (Å²) >= 11 is 0. The number of hydrogen-bond acceptors (Lipinski definition) is 4. The molecule has 1 amide bonds. The lowest BCUT2D eigenvalue weighted by Gasteiger charge is -2.30. The van der Waals surface area contributed by atoms with Gasteiger partial charge in [0, 0.05) is 26.7 Å². The molecule has 0 aliphatic heterocycles. The van der Waals surface area contributed by atoms with Gasteiger partial charge < -0.3 is 10.0 Å². The number of amides is 1. The van der Waals surface area contributed by atoms with Crippen LogP contribution in [-0.2, 0) is 7.05 Å². The molecular weight excluding hydrogens is 282 g/mol. The maximum atomic E-state index is 12.9. The maximum absolute atomic E-state index is 12.9. The Morgan fingerprint density at radius 2 is 1.91 bits per heavy atom. The zero-order valence-electron chi connectivity index (χ0n) is 14.4. The molecule has 0 fully saturated rings. The summed E-state index contributed by atoms with van der Waals surface area (Å²) in [6.45, 7) is 10.6. The number of aryl methyl sites for hydroxylation is 2. The number of rotatable bonds is 5. The molecule has 0 saturated carbocycles. The fourth-order valence-corrected chi connectivity index (χ4v) is 2.35. The number of aliphatic hydroxyl groups excluding tert-OH is 1. The van der Waals surface area contributed by atoms with Crippen molar-refractivity contribution in [2.45, 2.75) is 41.0 Å². The molecule has 0 unspecified atom stereocenters. The van der Waals surface area contributed by atoms with E-state index in [1.54, 1.807) is 25.8 Å². The Kier molecular flexibility index (Phi) is 5.88. The molecule has 1 aromatic heterocycles. The lowest BCUT2D eigenvalue weighted by Crippen LogP contribution is -2.42. The molecule has 0 atom stereocenters. The molecule has 0 spiro atoms. The van der Waals surface area contributed by atoms with Gasteiger partial charge in [-0.15, -0.1) is 0 Å². The summed E-state index contributed by atoms with van der Waals surface area (Å²) in [6, 6.07) is 0. The molecule has 1 N–H and O–H groups in total. The lowest BCUT2D eigenvalue weighted by atomic mass is 9.95. The van der Waals surface area contributed by atoms with Gasteiger partial charge in [-0.05, 0) is 31.2 Å². The van der Waals surface area contributed by atoms with Crippen LogP contribution in [0.15, 0.2) is 4.79 Å². The molecule has 22 heavy (non-hydrogen) atoms. The first-order valence-corrected chi connectivity index (χ1v) is 7.53. The average molecular weight is 309 g/mol. The predicted molar refractivity (Wildman–Crippen MR) is 86.0 cm³/mol. The van der Waals surface area contributed by atoms with Crippen LogP contribution >= 0.6 is 0 Å². The van der Waals surface area contributed by atoms with Gasteiger partial charge in [0.1, 0.15) is 5.56 Å². The van der Waals surface area contributed by atoms with Crippen LogP contribution in [0.5, 0.6) is 0 Å². The van der Waals surface area contributed by atoms with Crippen LogP contribution in [0.2, 0.25) is 0 Å². The summed E-state index contributed by atoms with van der Waals surface area (Å²) in [4.78, 5) is 26.9. The summed E-state index contributed by atoms with van der Waals surface area (Å²) in [5.41, 5.74) is 0.999. The molecule has 1 rings (SSSR count). The molecular formula is C16H27N3O3. The Labute approximate surface area is 131 Å². The van der Waals surface area contributed by atoms with Crippen molar-refractivity contribution < 1.29 is 9.90 Å². The number of carbonyl (C=O) groups is 1. The molecule has 6 nitrogen and oxygen atoms in total. The minimum Gasteiger partial charge on any atom is -0.396 e. The fourth-order valence-electron chi connectivity index (χ4n) is 2.35. The van der Waals surface area contributed by atoms with Gasteiger partial charge in [-0.2, -0.15) is 5.10 Å². The topological polar surface area (TPSA) is 75.4 Å². The average Bonchev–Trinajstić information content (AvgIpc) is 2.40. The van der Waals surface area contributed by atoms with Crippen LogP contribution < -0.4 is 5.56 Å². The highest BCUT2D eigenvalue weighted by Gasteiger charge is 2.26. The maximum Gasteiger partial charge on any atom is 0.279 e. The highest BCUT2D eigenvalue weighted by Crippen LogP contribution is 2.18. The van der Waals surface area contributed by atoms with Crippen molar-refractivity contribution in [3.05, 3.63) is 27.2 Å². The molecule has 6 heteroatoms. The molecule has 124 valence electrons. The Balaban J connectivity index is 3.27. The number of aromatic nitrogens is 2. The molecule has 0 bridgehead atoms. The zero-order chi connectivity index (χ0) is 17.1. The minimum absolute atomic E-state index is 0.0142. The molecule has 0 saturated heterocycles. The van der Waals surface area contributed by atoms with Crippen LogP contribution in [0.3, 0.4) is 0 Å². The Morgan fingerprint density at radius 3 is 2.41 bits per heavy atom. The molecule has 0 aliphatic rings. The molecule has 1 heterocycles. The van der Waals surface area contributed by atoms with Crippen molar-refractivity contribution in [2.24, 2.45) is 12.5 Å². The summed E-state index contributed by atoms with van der Waals surface area (Å²) < 4.78 is 1.21. The molecule has 0 aliphatic carbocycles. The van der Waals surface area contributed by atoms with Crippen LogP contribution in [0.25, 0.3) is 0 Å². The summed E-state index contributed by atoms with van der Waals surface area (Å²) in [6.07, 6.45) is 0.491. The van der Waals surface area contributed by atoms with E-state index in [2.05, 4.69) is 5.10 Å². The second-order valence-electron chi connectivity index (χ2n) is 6.88. The number of carbonyl (C=O) groups excluding carboxylic acids is 1. The third-order valence-corrected chi connectivity index (χ3v) is 3.48. The van der Waals surface area contributed by atoms with E-state index in [1.807, 2.05) is 20.8 Å². The van der Waals surface area contributed by atoms with Gasteiger partial charge in [-0.3, -0.25) is 9.59 Å². The summed E-state index contributed by atoms with van der Waals surface area (Å²) in [5, 5.41) is 13.2. The Bertz CT molecular complexity index is 600. The first-order chi connectivity index (χ1) is 10.1. The Hall–Kier alpha value is -1.69. The molecule has 1 aromatic rings. The quantitative estimate of drug-likeness (QED) is 0.888. The van der Waals surface area contributed by atoms with Crippen molar-refractivity contribution in [3.63, 3.8) is 0 Å². The van der Waals surface area contributed by atoms with Gasteiger partial charge in [0.15, 0.2) is 0 Å². The van der Waals surface area contributed by atoms with Gasteiger partial charge in [0.05, 0.1) is 5.69 Å². The van der Waals surface area contributed by atoms with Crippen molar-refractivity contribution in [3.8, 4) is 0 Å². The number of nitrogens with zero attached hydrogens (tertiary/aromatic N) is 3. The van der Waals surface area contributed by atoms with Crippen molar-refractivity contribution >= 4 is 5.91 Å². The smallest absolute Gasteiger partial charge is 0.279 e. The van der Waals surface area contributed by atoms with Crippen molar-refractivity contribution in [2.75, 3.05) is 19.7 Å². The van der Waals surface area contributed by atoms with Crippen LogP contribution in [0.4, 0.5) is 0 Å². The number of hydrogen-bond donors (Lipinski definition) is 1. The largest absolute Gasteiger partial charge is 0.396 e. The van der Waals surface area contributed by atoms with Crippen LogP contribution in [0, 0.1) is 19.3 Å².